The van der Waals surface area contributed by atoms with Gasteiger partial charge in [0.2, 0.25) is 0 Å². The van der Waals surface area contributed by atoms with Crippen LogP contribution in [-0.2, 0) is 6.54 Å². The van der Waals surface area contributed by atoms with Gasteiger partial charge >= 0.3 is 0 Å². The summed E-state index contributed by atoms with van der Waals surface area (Å²) in [4.78, 5) is 0. The lowest BCUT2D eigenvalue weighted by Gasteiger charge is -2.10. The normalized spacial score (nSPS) is 10.5. The SMILES string of the molecule is Cc1cc(NCc2cc(Br)c(O)c(Br)c2)ccc1F. The Hall–Kier alpha value is -1.07. The van der Waals surface area contributed by atoms with Crippen LogP contribution in [0.2, 0.25) is 0 Å². The van der Waals surface area contributed by atoms with Crippen LogP contribution in [0.25, 0.3) is 0 Å². The molecule has 0 atom stereocenters. The van der Waals surface area contributed by atoms with Crippen molar-refractivity contribution in [1.82, 2.24) is 0 Å². The maximum Gasteiger partial charge on any atom is 0.143 e. The zero-order valence-electron chi connectivity index (χ0n) is 10.2. The van der Waals surface area contributed by atoms with E-state index in [0.717, 1.165) is 11.3 Å². The molecule has 0 saturated carbocycles. The van der Waals surface area contributed by atoms with E-state index in [-0.39, 0.29) is 11.6 Å². The van der Waals surface area contributed by atoms with Crippen LogP contribution in [0.5, 0.6) is 5.75 Å². The van der Waals surface area contributed by atoms with Crippen LogP contribution in [0, 0.1) is 12.7 Å². The third-order valence-corrected chi connectivity index (χ3v) is 3.94. The van der Waals surface area contributed by atoms with Crippen LogP contribution in [0.3, 0.4) is 0 Å². The molecule has 0 spiro atoms. The Balaban J connectivity index is 2.12. The third-order valence-electron chi connectivity index (χ3n) is 2.73. The van der Waals surface area contributed by atoms with Gasteiger partial charge in [0.05, 0.1) is 8.95 Å². The zero-order valence-corrected chi connectivity index (χ0v) is 13.3. The number of nitrogens with one attached hydrogen (secondary N) is 1. The van der Waals surface area contributed by atoms with E-state index < -0.39 is 0 Å². The van der Waals surface area contributed by atoms with Crippen molar-refractivity contribution in [2.24, 2.45) is 0 Å². The highest BCUT2D eigenvalue weighted by Crippen LogP contribution is 2.33. The first-order chi connectivity index (χ1) is 8.97. The van der Waals surface area contributed by atoms with E-state index in [4.69, 9.17) is 0 Å². The first kappa shape index (κ1) is 14.3. The molecule has 2 N–H and O–H groups in total. The number of anilines is 1. The Morgan fingerprint density at radius 3 is 2.37 bits per heavy atom. The van der Waals surface area contributed by atoms with Crippen molar-refractivity contribution >= 4 is 37.5 Å². The predicted octanol–water partition coefficient (Wildman–Crippen LogP) is 4.98. The first-order valence-electron chi connectivity index (χ1n) is 5.64. The lowest BCUT2D eigenvalue weighted by atomic mass is 10.2. The van der Waals surface area contributed by atoms with Crippen LogP contribution >= 0.6 is 31.9 Å². The van der Waals surface area contributed by atoms with Crippen molar-refractivity contribution in [3.8, 4) is 5.75 Å². The lowest BCUT2D eigenvalue weighted by Crippen LogP contribution is -2.00. The lowest BCUT2D eigenvalue weighted by molar-refractivity contribution is 0.468. The fourth-order valence-electron chi connectivity index (χ4n) is 1.68. The van der Waals surface area contributed by atoms with Crippen LogP contribution < -0.4 is 5.32 Å². The number of rotatable bonds is 3. The van der Waals surface area contributed by atoms with Gasteiger partial charge in [-0.25, -0.2) is 4.39 Å². The standard InChI is InChI=1S/C14H12Br2FNO/c1-8-4-10(2-3-13(8)17)18-7-9-5-11(15)14(19)12(16)6-9/h2-6,18-19H,7H2,1H3. The van der Waals surface area contributed by atoms with Crippen molar-refractivity contribution in [2.45, 2.75) is 13.5 Å². The number of hydrogen-bond donors (Lipinski definition) is 2. The molecule has 0 radical (unpaired) electrons. The molecule has 2 aromatic rings. The molecule has 0 unspecified atom stereocenters. The second-order valence-corrected chi connectivity index (χ2v) is 5.93. The van der Waals surface area contributed by atoms with Crippen molar-refractivity contribution in [3.63, 3.8) is 0 Å². The Bertz CT molecular complexity index is 593. The van der Waals surface area contributed by atoms with Gasteiger partial charge in [0.25, 0.3) is 0 Å². The summed E-state index contributed by atoms with van der Waals surface area (Å²) in [7, 11) is 0. The summed E-state index contributed by atoms with van der Waals surface area (Å²) in [6.07, 6.45) is 0. The quantitative estimate of drug-likeness (QED) is 0.777. The summed E-state index contributed by atoms with van der Waals surface area (Å²) in [5.74, 6) is -0.0259. The second-order valence-electron chi connectivity index (χ2n) is 4.23. The van der Waals surface area contributed by atoms with Gasteiger partial charge in [0.1, 0.15) is 11.6 Å². The van der Waals surface area contributed by atoms with Crippen LogP contribution in [0.1, 0.15) is 11.1 Å². The highest BCUT2D eigenvalue weighted by Gasteiger charge is 2.06. The Morgan fingerprint density at radius 2 is 1.79 bits per heavy atom. The number of phenolic OH excluding ortho intramolecular Hbond substituents is 1. The Kier molecular flexibility index (Phi) is 4.47. The number of benzene rings is 2. The minimum absolute atomic E-state index is 0.182. The summed E-state index contributed by atoms with van der Waals surface area (Å²) < 4.78 is 14.4. The van der Waals surface area contributed by atoms with Crippen molar-refractivity contribution < 1.29 is 9.50 Å². The fourth-order valence-corrected chi connectivity index (χ4v) is 2.96. The summed E-state index contributed by atoms with van der Waals surface area (Å²) >= 11 is 6.57. The number of phenols is 1. The summed E-state index contributed by atoms with van der Waals surface area (Å²) in [5, 5.41) is 12.8. The van der Waals surface area contributed by atoms with Crippen molar-refractivity contribution in [3.05, 3.63) is 56.2 Å². The molecule has 0 aromatic heterocycles. The monoisotopic (exact) mass is 387 g/mol. The molecular weight excluding hydrogens is 377 g/mol. The van der Waals surface area contributed by atoms with E-state index in [9.17, 15) is 9.50 Å². The molecule has 0 saturated heterocycles. The van der Waals surface area contributed by atoms with E-state index in [1.807, 2.05) is 12.1 Å². The van der Waals surface area contributed by atoms with E-state index >= 15 is 0 Å². The van der Waals surface area contributed by atoms with E-state index in [1.54, 1.807) is 19.1 Å². The smallest absolute Gasteiger partial charge is 0.143 e. The minimum atomic E-state index is -0.208. The molecular formula is C14H12Br2FNO. The largest absolute Gasteiger partial charge is 0.506 e. The highest BCUT2D eigenvalue weighted by atomic mass is 79.9. The van der Waals surface area contributed by atoms with Gasteiger partial charge in [-0.3, -0.25) is 0 Å². The molecule has 2 aromatic carbocycles. The summed E-state index contributed by atoms with van der Waals surface area (Å²) in [6, 6.07) is 8.58. The van der Waals surface area contributed by atoms with Crippen LogP contribution in [0.15, 0.2) is 39.3 Å². The van der Waals surface area contributed by atoms with Crippen LogP contribution in [0.4, 0.5) is 10.1 Å². The maximum atomic E-state index is 13.1. The molecule has 0 bridgehead atoms. The van der Waals surface area contributed by atoms with E-state index in [2.05, 4.69) is 37.2 Å². The van der Waals surface area contributed by atoms with Gasteiger partial charge in [-0.1, -0.05) is 0 Å². The molecule has 0 aliphatic heterocycles. The molecule has 2 rings (SSSR count). The molecule has 0 fully saturated rings. The average molecular weight is 389 g/mol. The number of aryl methyl sites for hydroxylation is 1. The third kappa shape index (κ3) is 3.48. The molecule has 100 valence electrons. The van der Waals surface area contributed by atoms with E-state index in [0.29, 0.717) is 21.1 Å². The van der Waals surface area contributed by atoms with Gasteiger partial charge in [-0.05, 0) is 80.2 Å². The van der Waals surface area contributed by atoms with Gasteiger partial charge in [-0.15, -0.1) is 0 Å². The number of hydrogen-bond acceptors (Lipinski definition) is 2. The average Bonchev–Trinajstić information content (AvgIpc) is 2.37. The van der Waals surface area contributed by atoms with Gasteiger partial charge in [-0.2, -0.15) is 0 Å². The molecule has 0 amide bonds. The maximum absolute atomic E-state index is 13.1. The number of halogens is 3. The Labute approximate surface area is 127 Å². The topological polar surface area (TPSA) is 32.3 Å². The second kappa shape index (κ2) is 5.92. The summed E-state index contributed by atoms with van der Waals surface area (Å²) in [5.41, 5.74) is 2.47. The molecule has 0 aliphatic rings. The highest BCUT2D eigenvalue weighted by molar-refractivity contribution is 9.11. The predicted molar refractivity (Wildman–Crippen MR) is 82.0 cm³/mol. The van der Waals surface area contributed by atoms with Crippen molar-refractivity contribution in [1.29, 1.82) is 0 Å². The Morgan fingerprint density at radius 1 is 1.16 bits per heavy atom. The molecule has 0 heterocycles. The number of aromatic hydroxyl groups is 1. The molecule has 19 heavy (non-hydrogen) atoms. The van der Waals surface area contributed by atoms with Crippen LogP contribution in [-0.4, -0.2) is 5.11 Å². The molecule has 2 nitrogen and oxygen atoms in total. The van der Waals surface area contributed by atoms with Crippen molar-refractivity contribution in [2.75, 3.05) is 5.32 Å². The van der Waals surface area contributed by atoms with Gasteiger partial charge in [0.15, 0.2) is 0 Å². The molecule has 0 aliphatic carbocycles. The minimum Gasteiger partial charge on any atom is -0.506 e. The summed E-state index contributed by atoms with van der Waals surface area (Å²) in [6.45, 7) is 2.32. The van der Waals surface area contributed by atoms with E-state index in [1.165, 1.54) is 6.07 Å². The fraction of sp³-hybridized carbons (Fsp3) is 0.143. The zero-order chi connectivity index (χ0) is 14.0. The molecule has 5 heteroatoms. The first-order valence-corrected chi connectivity index (χ1v) is 7.23. The van der Waals surface area contributed by atoms with Gasteiger partial charge < -0.3 is 10.4 Å². The van der Waals surface area contributed by atoms with Gasteiger partial charge in [0, 0.05) is 12.2 Å².